The van der Waals surface area contributed by atoms with Gasteiger partial charge in [0.25, 0.3) is 0 Å². The predicted molar refractivity (Wildman–Crippen MR) is 137 cm³/mol. The highest BCUT2D eigenvalue weighted by Gasteiger charge is 2.19. The number of hydrogen-bond donors (Lipinski definition) is 4. The summed E-state index contributed by atoms with van der Waals surface area (Å²) in [6.45, 7) is 0.423. The van der Waals surface area contributed by atoms with Crippen LogP contribution in [0.4, 0.5) is 10.5 Å². The van der Waals surface area contributed by atoms with Crippen LogP contribution in [0.2, 0.25) is 10.0 Å². The van der Waals surface area contributed by atoms with Gasteiger partial charge < -0.3 is 21.1 Å². The molecule has 0 saturated heterocycles. The molecule has 3 aromatic rings. The zero-order chi connectivity index (χ0) is 25.2. The number of halogens is 2. The maximum absolute atomic E-state index is 12.8. The van der Waals surface area contributed by atoms with Crippen LogP contribution in [0.3, 0.4) is 0 Å². The summed E-state index contributed by atoms with van der Waals surface area (Å²) in [5, 5.41) is 18.0. The third-order valence-electron chi connectivity index (χ3n) is 5.15. The van der Waals surface area contributed by atoms with Gasteiger partial charge in [0.2, 0.25) is 5.91 Å². The number of ketones is 1. The number of hydrogen-bond acceptors (Lipinski definition) is 4. The lowest BCUT2D eigenvalue weighted by Gasteiger charge is -2.13. The molecule has 4 N–H and O–H groups in total. The summed E-state index contributed by atoms with van der Waals surface area (Å²) in [7, 11) is 0. The Morgan fingerprint density at radius 2 is 1.57 bits per heavy atom. The minimum atomic E-state index is -0.417. The van der Waals surface area contributed by atoms with Crippen LogP contribution in [0, 0.1) is 0 Å². The van der Waals surface area contributed by atoms with Gasteiger partial charge in [-0.2, -0.15) is 0 Å². The molecule has 0 aliphatic carbocycles. The second-order valence-electron chi connectivity index (χ2n) is 7.76. The van der Waals surface area contributed by atoms with Crippen LogP contribution in [-0.2, 0) is 17.8 Å². The number of urea groups is 1. The van der Waals surface area contributed by atoms with Crippen molar-refractivity contribution in [3.63, 3.8) is 0 Å². The number of para-hydroxylation sites is 1. The van der Waals surface area contributed by atoms with Crippen LogP contribution >= 0.6 is 23.2 Å². The maximum atomic E-state index is 12.8. The molecule has 0 aromatic heterocycles. The molecule has 9 heteroatoms. The molecule has 3 aromatic carbocycles. The largest absolute Gasteiger partial charge is 0.508 e. The summed E-state index contributed by atoms with van der Waals surface area (Å²) in [5.74, 6) is -0.459. The quantitative estimate of drug-likeness (QED) is 0.216. The van der Waals surface area contributed by atoms with Crippen molar-refractivity contribution in [1.29, 1.82) is 0 Å². The summed E-state index contributed by atoms with van der Waals surface area (Å²) in [5.41, 5.74) is 1.89. The number of rotatable bonds is 10. The molecule has 0 fully saturated rings. The fourth-order valence-corrected chi connectivity index (χ4v) is 3.98. The SMILES string of the molecule is O=C(Cc1ccccc1)Nc1ccc(Cl)c(C(=O)CCCNC(=O)NCc2ccccc2O)c1Cl. The predicted octanol–water partition coefficient (Wildman–Crippen LogP) is 5.34. The van der Waals surface area contributed by atoms with Crippen molar-refractivity contribution in [2.24, 2.45) is 0 Å². The topological polar surface area (TPSA) is 108 Å². The van der Waals surface area contributed by atoms with E-state index >= 15 is 0 Å². The fourth-order valence-electron chi connectivity index (χ4n) is 3.35. The van der Waals surface area contributed by atoms with Gasteiger partial charge in [-0.25, -0.2) is 4.79 Å². The summed E-state index contributed by atoms with van der Waals surface area (Å²) in [6.07, 6.45) is 0.626. The monoisotopic (exact) mass is 513 g/mol. The summed E-state index contributed by atoms with van der Waals surface area (Å²) >= 11 is 12.6. The Balaban J connectivity index is 1.49. The first kappa shape index (κ1) is 26.1. The number of Topliss-reactive ketones (excluding diaryl/α,β-unsaturated/α-hetero) is 1. The molecule has 7 nitrogen and oxygen atoms in total. The molecular weight excluding hydrogens is 489 g/mol. The maximum Gasteiger partial charge on any atom is 0.315 e. The number of benzene rings is 3. The summed E-state index contributed by atoms with van der Waals surface area (Å²) < 4.78 is 0. The molecule has 0 radical (unpaired) electrons. The second-order valence-corrected chi connectivity index (χ2v) is 8.54. The van der Waals surface area contributed by atoms with E-state index < -0.39 is 6.03 Å². The highest BCUT2D eigenvalue weighted by molar-refractivity contribution is 6.41. The molecule has 0 aliphatic rings. The molecule has 0 aliphatic heterocycles. The minimum absolute atomic E-state index is 0.0808. The number of amides is 3. The van der Waals surface area contributed by atoms with Crippen LogP contribution in [-0.4, -0.2) is 29.4 Å². The van der Waals surface area contributed by atoms with Gasteiger partial charge in [0.1, 0.15) is 5.75 Å². The molecule has 182 valence electrons. The van der Waals surface area contributed by atoms with Crippen LogP contribution in [0.5, 0.6) is 5.75 Å². The number of nitrogens with one attached hydrogen (secondary N) is 3. The first-order valence-corrected chi connectivity index (χ1v) is 11.7. The molecule has 0 saturated carbocycles. The molecule has 0 spiro atoms. The van der Waals surface area contributed by atoms with E-state index in [-0.39, 0.29) is 59.0 Å². The zero-order valence-corrected chi connectivity index (χ0v) is 20.3. The average Bonchev–Trinajstić information content (AvgIpc) is 2.84. The van der Waals surface area contributed by atoms with Gasteiger partial charge >= 0.3 is 6.03 Å². The van der Waals surface area contributed by atoms with Gasteiger partial charge in [-0.1, -0.05) is 71.7 Å². The number of carbonyl (C=O) groups is 3. The Labute approximate surface area is 213 Å². The van der Waals surface area contributed by atoms with Crippen molar-refractivity contribution >= 4 is 46.6 Å². The Hall–Kier alpha value is -3.55. The van der Waals surface area contributed by atoms with Crippen molar-refractivity contribution in [2.75, 3.05) is 11.9 Å². The second kappa shape index (κ2) is 12.8. The van der Waals surface area contributed by atoms with E-state index in [1.807, 2.05) is 30.3 Å². The smallest absolute Gasteiger partial charge is 0.315 e. The normalized spacial score (nSPS) is 10.5. The highest BCUT2D eigenvalue weighted by Crippen LogP contribution is 2.33. The minimum Gasteiger partial charge on any atom is -0.508 e. The number of phenolic OH excluding ortho intramolecular Hbond substituents is 1. The standard InChI is InChI=1S/C26H25Cl2N3O4/c27-19-12-13-20(31-23(34)15-17-7-2-1-3-8-17)25(28)24(19)22(33)11-6-14-29-26(35)30-16-18-9-4-5-10-21(18)32/h1-5,7-10,12-13,32H,6,11,14-16H2,(H,31,34)(H2,29,30,35). The van der Waals surface area contributed by atoms with Crippen molar-refractivity contribution in [2.45, 2.75) is 25.8 Å². The molecule has 0 heterocycles. The van der Waals surface area contributed by atoms with Crippen molar-refractivity contribution < 1.29 is 19.5 Å². The third kappa shape index (κ3) is 7.73. The molecule has 0 bridgehead atoms. The van der Waals surface area contributed by atoms with Gasteiger partial charge in [-0.05, 0) is 30.2 Å². The molecule has 0 atom stereocenters. The lowest BCUT2D eigenvalue weighted by Crippen LogP contribution is -2.35. The van der Waals surface area contributed by atoms with Gasteiger partial charge in [0.05, 0.1) is 27.7 Å². The zero-order valence-electron chi connectivity index (χ0n) is 18.8. The Morgan fingerprint density at radius 3 is 2.31 bits per heavy atom. The van der Waals surface area contributed by atoms with E-state index in [0.717, 1.165) is 5.56 Å². The lowest BCUT2D eigenvalue weighted by atomic mass is 10.1. The van der Waals surface area contributed by atoms with E-state index in [1.165, 1.54) is 6.07 Å². The van der Waals surface area contributed by atoms with Crippen LogP contribution < -0.4 is 16.0 Å². The summed E-state index contributed by atoms with van der Waals surface area (Å²) in [6, 6.07) is 18.6. The number of anilines is 1. The summed E-state index contributed by atoms with van der Waals surface area (Å²) in [4.78, 5) is 37.1. The first-order chi connectivity index (χ1) is 16.8. The molecule has 35 heavy (non-hydrogen) atoms. The highest BCUT2D eigenvalue weighted by atomic mass is 35.5. The average molecular weight is 514 g/mol. The van der Waals surface area contributed by atoms with Crippen molar-refractivity contribution in [1.82, 2.24) is 10.6 Å². The first-order valence-electron chi connectivity index (χ1n) is 11.0. The van der Waals surface area contributed by atoms with Gasteiger partial charge in [-0.3, -0.25) is 9.59 Å². The lowest BCUT2D eigenvalue weighted by molar-refractivity contribution is -0.115. The van der Waals surface area contributed by atoms with Crippen molar-refractivity contribution in [3.05, 3.63) is 93.5 Å². The number of phenols is 1. The third-order valence-corrected chi connectivity index (χ3v) is 5.86. The van der Waals surface area contributed by atoms with Crippen LogP contribution in [0.25, 0.3) is 0 Å². The number of carbonyl (C=O) groups excluding carboxylic acids is 3. The van der Waals surface area contributed by atoms with E-state index in [1.54, 1.807) is 30.3 Å². The van der Waals surface area contributed by atoms with E-state index in [2.05, 4.69) is 16.0 Å². The number of aromatic hydroxyl groups is 1. The molecular formula is C26H25Cl2N3O4. The molecule has 3 amide bonds. The van der Waals surface area contributed by atoms with Gasteiger partial charge in [-0.15, -0.1) is 0 Å². The van der Waals surface area contributed by atoms with Gasteiger partial charge in [0, 0.05) is 25.1 Å². The fraction of sp³-hybridized carbons (Fsp3) is 0.192. The van der Waals surface area contributed by atoms with E-state index in [0.29, 0.717) is 17.7 Å². The van der Waals surface area contributed by atoms with Gasteiger partial charge in [0.15, 0.2) is 5.78 Å². The molecule has 0 unspecified atom stereocenters. The van der Waals surface area contributed by atoms with Crippen LogP contribution in [0.1, 0.15) is 34.3 Å². The Bertz CT molecular complexity index is 1200. The van der Waals surface area contributed by atoms with E-state index in [9.17, 15) is 19.5 Å². The molecule has 3 rings (SSSR count). The van der Waals surface area contributed by atoms with E-state index in [4.69, 9.17) is 23.2 Å². The van der Waals surface area contributed by atoms with Crippen molar-refractivity contribution in [3.8, 4) is 5.75 Å². The van der Waals surface area contributed by atoms with Crippen LogP contribution in [0.15, 0.2) is 66.7 Å². The Kier molecular flexibility index (Phi) is 9.52. The Morgan fingerprint density at radius 1 is 0.857 bits per heavy atom.